The molecule has 0 spiro atoms. The molecule has 0 amide bonds. The highest BCUT2D eigenvalue weighted by Gasteiger charge is 2.31. The van der Waals surface area contributed by atoms with E-state index in [4.69, 9.17) is 16.3 Å². The summed E-state index contributed by atoms with van der Waals surface area (Å²) < 4.78 is 5.80. The summed E-state index contributed by atoms with van der Waals surface area (Å²) in [4.78, 5) is 30.8. The summed E-state index contributed by atoms with van der Waals surface area (Å²) in [7, 11) is 0. The average Bonchev–Trinajstić information content (AvgIpc) is 3.07. The minimum atomic E-state index is 0.229. The van der Waals surface area contributed by atoms with Crippen LogP contribution in [0, 0.1) is 5.92 Å². The molecule has 1 fully saturated rings. The third-order valence-electron chi connectivity index (χ3n) is 5.12. The number of nitrogens with one attached hydrogen (secondary N) is 1. The Labute approximate surface area is 177 Å². The van der Waals surface area contributed by atoms with Gasteiger partial charge >= 0.3 is 6.01 Å². The fourth-order valence-electron chi connectivity index (χ4n) is 3.67. The number of aromatic nitrogens is 7. The van der Waals surface area contributed by atoms with Gasteiger partial charge in [-0.1, -0.05) is 18.5 Å². The summed E-state index contributed by atoms with van der Waals surface area (Å²) in [5.74, 6) is 1.74. The van der Waals surface area contributed by atoms with Crippen LogP contribution in [0.25, 0.3) is 11.0 Å². The van der Waals surface area contributed by atoms with Crippen LogP contribution >= 0.6 is 11.6 Å². The van der Waals surface area contributed by atoms with Crippen LogP contribution in [0.3, 0.4) is 0 Å². The van der Waals surface area contributed by atoms with E-state index in [9.17, 15) is 0 Å². The fraction of sp³-hybridized carbons (Fsp3) is 0.300. The number of rotatable bonds is 6. The first-order chi connectivity index (χ1) is 14.7. The van der Waals surface area contributed by atoms with Gasteiger partial charge in [-0.15, -0.1) is 0 Å². The summed E-state index contributed by atoms with van der Waals surface area (Å²) in [5, 5.41) is 1.49. The fourth-order valence-corrected chi connectivity index (χ4v) is 4.03. The topological polar surface area (TPSA) is 106 Å². The molecule has 30 heavy (non-hydrogen) atoms. The first-order valence-electron chi connectivity index (χ1n) is 9.71. The van der Waals surface area contributed by atoms with Crippen LogP contribution in [0.4, 0.5) is 5.82 Å². The molecule has 1 aliphatic rings. The van der Waals surface area contributed by atoms with E-state index in [1.54, 1.807) is 18.7 Å². The molecular weight excluding hydrogens is 404 g/mol. The Balaban J connectivity index is 1.44. The molecule has 9 nitrogen and oxygen atoms in total. The number of anilines is 1. The Morgan fingerprint density at radius 2 is 1.77 bits per heavy atom. The second-order valence-corrected chi connectivity index (χ2v) is 7.60. The summed E-state index contributed by atoms with van der Waals surface area (Å²) in [6.45, 7) is 3.76. The molecule has 0 bridgehead atoms. The first-order valence-corrected chi connectivity index (χ1v) is 10.1. The number of aryl methyl sites for hydroxylation is 1. The van der Waals surface area contributed by atoms with Gasteiger partial charge in [-0.05, 0) is 24.3 Å². The van der Waals surface area contributed by atoms with E-state index in [1.807, 2.05) is 19.3 Å². The van der Waals surface area contributed by atoms with Crippen molar-refractivity contribution in [3.05, 3.63) is 53.7 Å². The maximum absolute atomic E-state index is 6.65. The highest BCUT2D eigenvalue weighted by atomic mass is 35.5. The number of ether oxygens (including phenoxy) is 1. The van der Waals surface area contributed by atoms with Gasteiger partial charge in [0, 0.05) is 31.2 Å². The number of H-pyrrole nitrogens is 1. The van der Waals surface area contributed by atoms with Crippen molar-refractivity contribution in [2.45, 2.75) is 19.8 Å². The minimum Gasteiger partial charge on any atom is -0.421 e. The monoisotopic (exact) mass is 422 g/mol. The lowest BCUT2D eigenvalue weighted by Crippen LogP contribution is -2.48. The molecule has 0 saturated carbocycles. The second kappa shape index (κ2) is 7.83. The zero-order valence-electron chi connectivity index (χ0n) is 16.3. The van der Waals surface area contributed by atoms with E-state index in [0.29, 0.717) is 22.3 Å². The Kier molecular flexibility index (Phi) is 4.88. The summed E-state index contributed by atoms with van der Waals surface area (Å²) >= 11 is 6.65. The minimum absolute atomic E-state index is 0.229. The number of hydrogen-bond acceptors (Lipinski definition) is 8. The van der Waals surface area contributed by atoms with E-state index in [0.717, 1.165) is 48.4 Å². The lowest BCUT2D eigenvalue weighted by atomic mass is 9.93. The van der Waals surface area contributed by atoms with Crippen molar-refractivity contribution in [1.29, 1.82) is 0 Å². The van der Waals surface area contributed by atoms with Crippen molar-refractivity contribution in [2.75, 3.05) is 18.0 Å². The Morgan fingerprint density at radius 3 is 2.47 bits per heavy atom. The molecule has 10 heteroatoms. The third-order valence-corrected chi connectivity index (χ3v) is 5.53. The number of hydrogen-bond donors (Lipinski definition) is 1. The van der Waals surface area contributed by atoms with Crippen LogP contribution in [0.5, 0.6) is 11.8 Å². The molecule has 0 aliphatic carbocycles. The molecule has 0 atom stereocenters. The largest absolute Gasteiger partial charge is 0.421 e. The van der Waals surface area contributed by atoms with Gasteiger partial charge in [0.1, 0.15) is 24.1 Å². The quantitative estimate of drug-likeness (QED) is 0.504. The Morgan fingerprint density at radius 1 is 1.07 bits per heavy atom. The van der Waals surface area contributed by atoms with Gasteiger partial charge in [0.15, 0.2) is 5.75 Å². The van der Waals surface area contributed by atoms with Crippen molar-refractivity contribution in [3.8, 4) is 11.8 Å². The van der Waals surface area contributed by atoms with Crippen molar-refractivity contribution in [1.82, 2.24) is 34.9 Å². The standard InChI is InChI=1S/C20H19ClN8O/c1-2-15-17(21)16-18(26-15)27-20(30-14-6-24-11-25-7-14)28-19(16)29-8-13(9-29)3-12-4-22-10-23-5-12/h4-7,10-11,13H,2-3,8-9H2,1H3,(H,26,27,28). The molecular formula is C20H19ClN8O. The number of fused-ring (bicyclic) bond motifs is 1. The van der Waals surface area contributed by atoms with Crippen LogP contribution < -0.4 is 9.64 Å². The van der Waals surface area contributed by atoms with Crippen LogP contribution in [0.15, 0.2) is 37.4 Å². The van der Waals surface area contributed by atoms with Crippen LogP contribution in [0.2, 0.25) is 5.02 Å². The first kappa shape index (κ1) is 18.7. The van der Waals surface area contributed by atoms with E-state index >= 15 is 0 Å². The molecule has 152 valence electrons. The predicted molar refractivity (Wildman–Crippen MR) is 112 cm³/mol. The Bertz CT molecular complexity index is 1160. The summed E-state index contributed by atoms with van der Waals surface area (Å²) in [6, 6.07) is 0.229. The van der Waals surface area contributed by atoms with Gasteiger partial charge in [0.25, 0.3) is 0 Å². The molecule has 5 rings (SSSR count). The smallest absolute Gasteiger partial charge is 0.326 e. The number of aromatic amines is 1. The van der Waals surface area contributed by atoms with Gasteiger partial charge in [-0.3, -0.25) is 0 Å². The molecule has 0 radical (unpaired) electrons. The highest BCUT2D eigenvalue weighted by Crippen LogP contribution is 2.38. The summed E-state index contributed by atoms with van der Waals surface area (Å²) in [5.41, 5.74) is 2.73. The molecule has 1 saturated heterocycles. The van der Waals surface area contributed by atoms with Crippen molar-refractivity contribution in [3.63, 3.8) is 0 Å². The lowest BCUT2D eigenvalue weighted by molar-refractivity contribution is 0.399. The van der Waals surface area contributed by atoms with Crippen molar-refractivity contribution < 1.29 is 4.74 Å². The van der Waals surface area contributed by atoms with Gasteiger partial charge in [0.05, 0.1) is 22.8 Å². The highest BCUT2D eigenvalue weighted by molar-refractivity contribution is 6.37. The zero-order valence-corrected chi connectivity index (χ0v) is 17.0. The molecule has 0 unspecified atom stereocenters. The SMILES string of the molecule is CCc1[nH]c2nc(Oc3cncnc3)nc(N3CC(Cc4cncnc4)C3)c2c1Cl. The summed E-state index contributed by atoms with van der Waals surface area (Å²) in [6.07, 6.45) is 11.6. The number of halogens is 1. The predicted octanol–water partition coefficient (Wildman–Crippen LogP) is 3.22. The van der Waals surface area contributed by atoms with Gasteiger partial charge in [-0.2, -0.15) is 9.97 Å². The average molecular weight is 423 g/mol. The maximum Gasteiger partial charge on any atom is 0.326 e. The second-order valence-electron chi connectivity index (χ2n) is 7.22. The third kappa shape index (κ3) is 3.52. The Hall–Kier alpha value is -3.33. The lowest BCUT2D eigenvalue weighted by Gasteiger charge is -2.40. The van der Waals surface area contributed by atoms with Crippen LogP contribution in [-0.2, 0) is 12.8 Å². The van der Waals surface area contributed by atoms with Crippen LogP contribution in [0.1, 0.15) is 18.2 Å². The molecule has 4 aromatic heterocycles. The van der Waals surface area contributed by atoms with E-state index in [-0.39, 0.29) is 6.01 Å². The van der Waals surface area contributed by atoms with E-state index in [2.05, 4.69) is 39.8 Å². The van der Waals surface area contributed by atoms with Gasteiger partial charge in [0.2, 0.25) is 0 Å². The van der Waals surface area contributed by atoms with Gasteiger partial charge < -0.3 is 14.6 Å². The molecule has 5 heterocycles. The van der Waals surface area contributed by atoms with Gasteiger partial charge in [-0.25, -0.2) is 19.9 Å². The van der Waals surface area contributed by atoms with Crippen molar-refractivity contribution in [2.24, 2.45) is 5.92 Å². The van der Waals surface area contributed by atoms with E-state index in [1.165, 1.54) is 6.33 Å². The van der Waals surface area contributed by atoms with E-state index < -0.39 is 0 Å². The number of nitrogens with zero attached hydrogens (tertiary/aromatic N) is 7. The normalized spacial score (nSPS) is 14.1. The zero-order chi connectivity index (χ0) is 20.5. The molecule has 1 aliphatic heterocycles. The van der Waals surface area contributed by atoms with Crippen molar-refractivity contribution >= 4 is 28.5 Å². The molecule has 4 aromatic rings. The molecule has 1 N–H and O–H groups in total. The van der Waals surface area contributed by atoms with Crippen LogP contribution in [-0.4, -0.2) is 48.0 Å². The maximum atomic E-state index is 6.65. The molecule has 0 aromatic carbocycles.